The molecular formula is C5H7F3O. The maximum atomic E-state index is 11.9. The van der Waals surface area contributed by atoms with Gasteiger partial charge in [-0.1, -0.05) is 0 Å². The standard InChI is InChI=1S/C5H7F3O/c1-5(2,9)3(6)4(7)8/h9H,1-2H3. The van der Waals surface area contributed by atoms with Gasteiger partial charge in [0.15, 0.2) is 5.83 Å². The maximum absolute atomic E-state index is 11.9. The first-order chi connectivity index (χ1) is 3.85. The molecule has 0 aliphatic heterocycles. The molecule has 0 aromatic carbocycles. The molecule has 4 heteroatoms. The summed E-state index contributed by atoms with van der Waals surface area (Å²) in [7, 11) is 0. The van der Waals surface area contributed by atoms with E-state index in [1.165, 1.54) is 0 Å². The molecule has 0 saturated heterocycles. The van der Waals surface area contributed by atoms with Gasteiger partial charge in [0.05, 0.1) is 0 Å². The Labute approximate surface area is 50.8 Å². The van der Waals surface area contributed by atoms with E-state index in [9.17, 15) is 13.2 Å². The van der Waals surface area contributed by atoms with Gasteiger partial charge in [-0.05, 0) is 13.8 Å². The van der Waals surface area contributed by atoms with Crippen molar-refractivity contribution in [1.82, 2.24) is 0 Å². The van der Waals surface area contributed by atoms with Gasteiger partial charge >= 0.3 is 6.08 Å². The topological polar surface area (TPSA) is 20.2 Å². The molecule has 0 heterocycles. The first-order valence-electron chi connectivity index (χ1n) is 2.29. The summed E-state index contributed by atoms with van der Waals surface area (Å²) in [6.07, 6.45) is -2.47. The molecule has 0 aromatic heterocycles. The number of hydrogen-bond acceptors (Lipinski definition) is 1. The van der Waals surface area contributed by atoms with Crippen molar-refractivity contribution in [2.24, 2.45) is 0 Å². The second-order valence-electron chi connectivity index (χ2n) is 2.13. The third kappa shape index (κ3) is 2.51. The molecule has 0 fully saturated rings. The monoisotopic (exact) mass is 140 g/mol. The minimum atomic E-state index is -2.47. The molecule has 0 rings (SSSR count). The molecule has 0 aliphatic carbocycles. The first-order valence-corrected chi connectivity index (χ1v) is 2.29. The number of hydrogen-bond donors (Lipinski definition) is 1. The van der Waals surface area contributed by atoms with Crippen LogP contribution in [-0.2, 0) is 0 Å². The molecule has 0 radical (unpaired) electrons. The molecular weight excluding hydrogens is 133 g/mol. The molecule has 0 saturated carbocycles. The molecule has 1 nitrogen and oxygen atoms in total. The van der Waals surface area contributed by atoms with Crippen LogP contribution >= 0.6 is 0 Å². The molecule has 54 valence electrons. The minimum absolute atomic E-state index is 0.946. The SMILES string of the molecule is CC(C)(O)C(F)=C(F)F. The Morgan fingerprint density at radius 2 is 1.56 bits per heavy atom. The Bertz CT molecular complexity index is 130. The predicted octanol–water partition coefficient (Wildman–Crippen LogP) is 1.83. The summed E-state index contributed by atoms with van der Waals surface area (Å²) in [5.41, 5.74) is -2.06. The van der Waals surface area contributed by atoms with E-state index in [1.54, 1.807) is 0 Å². The zero-order valence-corrected chi connectivity index (χ0v) is 5.08. The maximum Gasteiger partial charge on any atom is 0.304 e. The largest absolute Gasteiger partial charge is 0.383 e. The molecule has 0 unspecified atom stereocenters. The van der Waals surface area contributed by atoms with Crippen LogP contribution < -0.4 is 0 Å². The summed E-state index contributed by atoms with van der Waals surface area (Å²) >= 11 is 0. The van der Waals surface area contributed by atoms with Crippen LogP contribution in [0.2, 0.25) is 0 Å². The highest BCUT2D eigenvalue weighted by molar-refractivity contribution is 5.04. The molecule has 1 N–H and O–H groups in total. The molecule has 0 aromatic rings. The van der Waals surface area contributed by atoms with Gasteiger partial charge in [0, 0.05) is 0 Å². The van der Waals surface area contributed by atoms with Crippen LogP contribution in [-0.4, -0.2) is 10.7 Å². The van der Waals surface area contributed by atoms with Crippen LogP contribution in [0.5, 0.6) is 0 Å². The van der Waals surface area contributed by atoms with E-state index in [0.29, 0.717) is 0 Å². The van der Waals surface area contributed by atoms with Gasteiger partial charge in [0.2, 0.25) is 0 Å². The summed E-state index contributed by atoms with van der Waals surface area (Å²) in [4.78, 5) is 0. The third-order valence-corrected chi connectivity index (χ3v) is 0.703. The van der Waals surface area contributed by atoms with Crippen LogP contribution in [0.15, 0.2) is 11.9 Å². The minimum Gasteiger partial charge on any atom is -0.383 e. The van der Waals surface area contributed by atoms with Gasteiger partial charge in [-0.3, -0.25) is 0 Å². The summed E-state index contributed by atoms with van der Waals surface area (Å²) in [5.74, 6) is -1.78. The van der Waals surface area contributed by atoms with Crippen molar-refractivity contribution in [3.8, 4) is 0 Å². The molecule has 0 bridgehead atoms. The summed E-state index contributed by atoms with van der Waals surface area (Å²) in [5, 5.41) is 8.54. The van der Waals surface area contributed by atoms with Gasteiger partial charge in [-0.15, -0.1) is 0 Å². The number of rotatable bonds is 1. The van der Waals surface area contributed by atoms with Gasteiger partial charge in [0.25, 0.3) is 0 Å². The molecule has 0 amide bonds. The van der Waals surface area contributed by atoms with Crippen molar-refractivity contribution in [3.63, 3.8) is 0 Å². The molecule has 0 aliphatic rings. The second kappa shape index (κ2) is 2.39. The average Bonchev–Trinajstić information content (AvgIpc) is 1.62. The Morgan fingerprint density at radius 1 is 1.22 bits per heavy atom. The van der Waals surface area contributed by atoms with Gasteiger partial charge in [-0.2, -0.15) is 8.78 Å². The average molecular weight is 140 g/mol. The van der Waals surface area contributed by atoms with E-state index >= 15 is 0 Å². The van der Waals surface area contributed by atoms with E-state index in [0.717, 1.165) is 13.8 Å². The van der Waals surface area contributed by atoms with Crippen molar-refractivity contribution in [2.75, 3.05) is 0 Å². The lowest BCUT2D eigenvalue weighted by Crippen LogP contribution is -2.19. The van der Waals surface area contributed by atoms with Crippen LogP contribution in [0, 0.1) is 0 Å². The van der Waals surface area contributed by atoms with Crippen molar-refractivity contribution < 1.29 is 18.3 Å². The third-order valence-electron chi connectivity index (χ3n) is 0.703. The quantitative estimate of drug-likeness (QED) is 0.589. The summed E-state index contributed by atoms with van der Waals surface area (Å²) in [6, 6.07) is 0. The Kier molecular flexibility index (Phi) is 2.25. The number of halogens is 3. The molecule has 9 heavy (non-hydrogen) atoms. The highest BCUT2D eigenvalue weighted by Gasteiger charge is 2.24. The fraction of sp³-hybridized carbons (Fsp3) is 0.600. The van der Waals surface area contributed by atoms with E-state index < -0.39 is 17.5 Å². The predicted molar refractivity (Wildman–Crippen MR) is 26.6 cm³/mol. The van der Waals surface area contributed by atoms with Gasteiger partial charge < -0.3 is 5.11 Å². The lowest BCUT2D eigenvalue weighted by molar-refractivity contribution is 0.0839. The Balaban J connectivity index is 4.40. The highest BCUT2D eigenvalue weighted by atomic mass is 19.3. The zero-order chi connectivity index (χ0) is 7.65. The van der Waals surface area contributed by atoms with E-state index in [-0.39, 0.29) is 0 Å². The van der Waals surface area contributed by atoms with Crippen LogP contribution in [0.3, 0.4) is 0 Å². The van der Waals surface area contributed by atoms with Gasteiger partial charge in [-0.25, -0.2) is 4.39 Å². The smallest absolute Gasteiger partial charge is 0.304 e. The highest BCUT2D eigenvalue weighted by Crippen LogP contribution is 2.21. The second-order valence-corrected chi connectivity index (χ2v) is 2.13. The normalized spacial score (nSPS) is 11.3. The molecule has 0 spiro atoms. The summed E-state index contributed by atoms with van der Waals surface area (Å²) < 4.78 is 34.4. The summed E-state index contributed by atoms with van der Waals surface area (Å²) in [6.45, 7) is 1.89. The fourth-order valence-corrected chi connectivity index (χ4v) is 0.231. The Hall–Kier alpha value is -0.510. The molecule has 0 atom stereocenters. The number of aliphatic hydroxyl groups is 1. The van der Waals surface area contributed by atoms with Crippen LogP contribution in [0.4, 0.5) is 13.2 Å². The van der Waals surface area contributed by atoms with Crippen LogP contribution in [0.25, 0.3) is 0 Å². The van der Waals surface area contributed by atoms with E-state index in [1.807, 2.05) is 0 Å². The van der Waals surface area contributed by atoms with E-state index in [4.69, 9.17) is 5.11 Å². The van der Waals surface area contributed by atoms with Crippen molar-refractivity contribution in [3.05, 3.63) is 11.9 Å². The van der Waals surface area contributed by atoms with Gasteiger partial charge in [0.1, 0.15) is 5.60 Å². The van der Waals surface area contributed by atoms with Crippen molar-refractivity contribution in [2.45, 2.75) is 19.4 Å². The Morgan fingerprint density at radius 3 is 1.56 bits per heavy atom. The lowest BCUT2D eigenvalue weighted by Gasteiger charge is -2.12. The fourth-order valence-electron chi connectivity index (χ4n) is 0.231. The first kappa shape index (κ1) is 8.49. The van der Waals surface area contributed by atoms with Crippen molar-refractivity contribution >= 4 is 0 Å². The van der Waals surface area contributed by atoms with Crippen LogP contribution in [0.1, 0.15) is 13.8 Å². The lowest BCUT2D eigenvalue weighted by atomic mass is 10.1. The zero-order valence-electron chi connectivity index (χ0n) is 5.08. The van der Waals surface area contributed by atoms with Crippen molar-refractivity contribution in [1.29, 1.82) is 0 Å². The van der Waals surface area contributed by atoms with E-state index in [2.05, 4.69) is 0 Å².